The van der Waals surface area contributed by atoms with Gasteiger partial charge in [0.15, 0.2) is 12.2 Å². The molecule has 1 saturated heterocycles. The van der Waals surface area contributed by atoms with Gasteiger partial charge in [-0.05, 0) is 6.92 Å². The average molecular weight is 258 g/mol. The molecule has 96 valence electrons. The van der Waals surface area contributed by atoms with Crippen molar-refractivity contribution in [2.45, 2.75) is 43.9 Å². The Morgan fingerprint density at radius 1 is 1.44 bits per heavy atom. The van der Waals surface area contributed by atoms with Gasteiger partial charge in [0, 0.05) is 6.42 Å². The molecule has 1 fully saturated rings. The fraction of sp³-hybridized carbons (Fsp3) is 1.00. The summed E-state index contributed by atoms with van der Waals surface area (Å²) in [5.41, 5.74) is 0. The molecule has 16 heavy (non-hydrogen) atoms. The third kappa shape index (κ3) is 3.23. The largest absolute Gasteiger partial charge is 0.387 e. The van der Waals surface area contributed by atoms with E-state index in [0.29, 0.717) is 0 Å². The maximum absolute atomic E-state index is 13.3. The van der Waals surface area contributed by atoms with Gasteiger partial charge in [0.2, 0.25) is 8.03 Å². The maximum atomic E-state index is 13.3. The van der Waals surface area contributed by atoms with Crippen LogP contribution < -0.4 is 0 Å². The van der Waals surface area contributed by atoms with Gasteiger partial charge in [-0.1, -0.05) is 0 Å². The third-order valence-corrected chi connectivity index (χ3v) is 3.64. The third-order valence-electron chi connectivity index (χ3n) is 2.32. The number of aliphatic hydroxyl groups excluding tert-OH is 3. The van der Waals surface area contributed by atoms with Crippen LogP contribution >= 0.6 is 8.03 Å². The zero-order valence-corrected chi connectivity index (χ0v) is 9.75. The molecule has 1 aliphatic heterocycles. The molecule has 6 nitrogen and oxygen atoms in total. The van der Waals surface area contributed by atoms with Crippen molar-refractivity contribution in [2.24, 2.45) is 0 Å². The quantitative estimate of drug-likeness (QED) is 0.582. The summed E-state index contributed by atoms with van der Waals surface area (Å²) in [7, 11) is -2.83. The Morgan fingerprint density at radius 3 is 2.50 bits per heavy atom. The summed E-state index contributed by atoms with van der Waals surface area (Å²) in [5.74, 6) is -1.76. The zero-order chi connectivity index (χ0) is 12.3. The second kappa shape index (κ2) is 6.05. The van der Waals surface area contributed by atoms with E-state index in [2.05, 4.69) is 4.52 Å². The monoisotopic (exact) mass is 258 g/mol. The molecule has 3 N–H and O–H groups in total. The van der Waals surface area contributed by atoms with Gasteiger partial charge in [0.05, 0.1) is 12.7 Å². The van der Waals surface area contributed by atoms with Crippen LogP contribution in [0.3, 0.4) is 0 Å². The molecule has 1 aliphatic rings. The summed E-state index contributed by atoms with van der Waals surface area (Å²) < 4.78 is 33.8. The Bertz CT molecular complexity index is 253. The highest BCUT2D eigenvalue weighted by Crippen LogP contribution is 2.36. The van der Waals surface area contributed by atoms with Crippen molar-refractivity contribution in [3.8, 4) is 0 Å². The molecule has 0 spiro atoms. The number of alkyl halides is 1. The topological polar surface area (TPSA) is 96.2 Å². The van der Waals surface area contributed by atoms with Crippen LogP contribution in [0.4, 0.5) is 4.39 Å². The van der Waals surface area contributed by atoms with E-state index in [4.69, 9.17) is 14.9 Å². The molecule has 0 radical (unpaired) electrons. The first kappa shape index (κ1) is 14.0. The van der Waals surface area contributed by atoms with Crippen molar-refractivity contribution in [1.29, 1.82) is 0 Å². The minimum atomic E-state index is -2.83. The smallest absolute Gasteiger partial charge is 0.224 e. The molecular formula is C8H16FO6P. The molecule has 1 rings (SSSR count). The Hall–Kier alpha value is -0.0400. The van der Waals surface area contributed by atoms with Gasteiger partial charge in [0.25, 0.3) is 0 Å². The molecule has 0 aromatic rings. The van der Waals surface area contributed by atoms with E-state index < -0.39 is 38.5 Å². The number of halogens is 1. The van der Waals surface area contributed by atoms with E-state index in [1.54, 1.807) is 6.92 Å². The molecule has 0 aliphatic carbocycles. The summed E-state index contributed by atoms with van der Waals surface area (Å²) in [6.45, 7) is 1.72. The predicted molar refractivity (Wildman–Crippen MR) is 53.0 cm³/mol. The Morgan fingerprint density at radius 2 is 2.06 bits per heavy atom. The summed E-state index contributed by atoms with van der Waals surface area (Å²) in [6.07, 6.45) is -5.85. The SMILES string of the molecule is CCO[PH](=O)C(F)C[C@H]1O[C@@H](O)[C@H](O)[C@@H]1O. The lowest BCUT2D eigenvalue weighted by Crippen LogP contribution is -2.33. The van der Waals surface area contributed by atoms with Crippen LogP contribution in [0.15, 0.2) is 0 Å². The molecule has 8 heteroatoms. The lowest BCUT2D eigenvalue weighted by Gasteiger charge is -2.16. The summed E-state index contributed by atoms with van der Waals surface area (Å²) in [5, 5.41) is 27.5. The Balaban J connectivity index is 2.46. The molecular weight excluding hydrogens is 242 g/mol. The fourth-order valence-electron chi connectivity index (χ4n) is 1.46. The number of hydrogen-bond donors (Lipinski definition) is 3. The zero-order valence-electron chi connectivity index (χ0n) is 8.75. The van der Waals surface area contributed by atoms with Crippen molar-refractivity contribution in [2.75, 3.05) is 6.61 Å². The van der Waals surface area contributed by atoms with Crippen molar-refractivity contribution in [1.82, 2.24) is 0 Å². The highest BCUT2D eigenvalue weighted by atomic mass is 31.1. The van der Waals surface area contributed by atoms with E-state index >= 15 is 0 Å². The number of ether oxygens (including phenoxy) is 1. The number of aliphatic hydroxyl groups is 3. The van der Waals surface area contributed by atoms with Crippen molar-refractivity contribution >= 4 is 8.03 Å². The molecule has 0 bridgehead atoms. The van der Waals surface area contributed by atoms with Crippen LogP contribution in [0.1, 0.15) is 13.3 Å². The van der Waals surface area contributed by atoms with Gasteiger partial charge in [-0.15, -0.1) is 0 Å². The van der Waals surface area contributed by atoms with Gasteiger partial charge in [-0.2, -0.15) is 0 Å². The van der Waals surface area contributed by atoms with Crippen molar-refractivity contribution < 1.29 is 33.5 Å². The Kier molecular flexibility index (Phi) is 5.30. The second-order valence-corrected chi connectivity index (χ2v) is 5.05. The van der Waals surface area contributed by atoms with E-state index in [9.17, 15) is 14.1 Å². The number of hydrogen-bond acceptors (Lipinski definition) is 6. The van der Waals surface area contributed by atoms with Crippen LogP contribution in [-0.2, 0) is 13.8 Å². The van der Waals surface area contributed by atoms with E-state index in [0.717, 1.165) is 0 Å². The fourth-order valence-corrected chi connectivity index (χ4v) is 2.35. The highest BCUT2D eigenvalue weighted by molar-refractivity contribution is 7.39. The first-order valence-corrected chi connectivity index (χ1v) is 6.37. The lowest BCUT2D eigenvalue weighted by molar-refractivity contribution is -0.128. The molecule has 0 amide bonds. The van der Waals surface area contributed by atoms with Crippen molar-refractivity contribution in [3.63, 3.8) is 0 Å². The van der Waals surface area contributed by atoms with E-state index in [1.165, 1.54) is 0 Å². The highest BCUT2D eigenvalue weighted by Gasteiger charge is 2.43. The standard InChI is InChI=1S/C8H16FO6P/c1-2-14-16(13)5(9)3-4-6(10)7(11)8(12)15-4/h4-8,10-12,16H,2-3H2,1H3/t4-,5?,6-,7-,8-/m1/s1. The summed E-state index contributed by atoms with van der Waals surface area (Å²) in [4.78, 5) is 0. The molecule has 2 unspecified atom stereocenters. The van der Waals surface area contributed by atoms with Crippen LogP contribution in [0, 0.1) is 0 Å². The van der Waals surface area contributed by atoms with E-state index in [-0.39, 0.29) is 13.0 Å². The molecule has 6 atom stereocenters. The molecule has 0 saturated carbocycles. The van der Waals surface area contributed by atoms with Crippen LogP contribution in [0.5, 0.6) is 0 Å². The van der Waals surface area contributed by atoms with Crippen molar-refractivity contribution in [3.05, 3.63) is 0 Å². The molecule has 0 aromatic heterocycles. The van der Waals surface area contributed by atoms with Crippen LogP contribution in [0.25, 0.3) is 0 Å². The lowest BCUT2D eigenvalue weighted by atomic mass is 10.1. The molecule has 1 heterocycles. The van der Waals surface area contributed by atoms with Crippen LogP contribution in [0.2, 0.25) is 0 Å². The van der Waals surface area contributed by atoms with Crippen LogP contribution in [-0.4, -0.2) is 52.4 Å². The molecule has 0 aromatic carbocycles. The van der Waals surface area contributed by atoms with Gasteiger partial charge >= 0.3 is 0 Å². The van der Waals surface area contributed by atoms with Gasteiger partial charge < -0.3 is 24.6 Å². The summed E-state index contributed by atoms with van der Waals surface area (Å²) >= 11 is 0. The first-order chi connectivity index (χ1) is 7.47. The first-order valence-electron chi connectivity index (χ1n) is 4.97. The minimum Gasteiger partial charge on any atom is -0.387 e. The van der Waals surface area contributed by atoms with E-state index in [1.807, 2.05) is 0 Å². The average Bonchev–Trinajstić information content (AvgIpc) is 2.47. The van der Waals surface area contributed by atoms with Gasteiger partial charge in [-0.25, -0.2) is 4.39 Å². The minimum absolute atomic E-state index is 0.136. The van der Waals surface area contributed by atoms with Gasteiger partial charge in [-0.3, -0.25) is 4.57 Å². The maximum Gasteiger partial charge on any atom is 0.224 e. The summed E-state index contributed by atoms with van der Waals surface area (Å²) in [6, 6.07) is 0. The Labute approximate surface area is 92.9 Å². The predicted octanol–water partition coefficient (Wildman–Crippen LogP) is -0.378. The second-order valence-electron chi connectivity index (χ2n) is 3.50. The number of rotatable bonds is 5. The van der Waals surface area contributed by atoms with Gasteiger partial charge in [0.1, 0.15) is 12.2 Å². The normalized spacial score (nSPS) is 38.6.